The molecule has 4 heteroatoms. The van der Waals surface area contributed by atoms with Gasteiger partial charge in [-0.05, 0) is 31.7 Å². The van der Waals surface area contributed by atoms with Crippen LogP contribution in [0.5, 0.6) is 5.88 Å². The van der Waals surface area contributed by atoms with E-state index in [1.807, 2.05) is 24.3 Å². The van der Waals surface area contributed by atoms with E-state index in [4.69, 9.17) is 4.74 Å². The molecule has 0 amide bonds. The van der Waals surface area contributed by atoms with Crippen LogP contribution in [-0.2, 0) is 0 Å². The number of unbranched alkanes of at least 4 members (excludes halogenated alkanes) is 1. The lowest BCUT2D eigenvalue weighted by atomic mass is 10.1. The number of nitrogens with zero attached hydrogens (tertiary/aromatic N) is 2. The van der Waals surface area contributed by atoms with E-state index in [0.29, 0.717) is 18.9 Å². The van der Waals surface area contributed by atoms with Crippen molar-refractivity contribution in [1.82, 2.24) is 9.97 Å². The summed E-state index contributed by atoms with van der Waals surface area (Å²) in [7, 11) is 0. The molecular formula is C20H23FN2O. The van der Waals surface area contributed by atoms with Gasteiger partial charge in [0.15, 0.2) is 0 Å². The maximum absolute atomic E-state index is 12.7. The summed E-state index contributed by atoms with van der Waals surface area (Å²) in [6, 6.07) is 8.09. The summed E-state index contributed by atoms with van der Waals surface area (Å²) < 4.78 is 18.0. The van der Waals surface area contributed by atoms with Gasteiger partial charge in [-0.25, -0.2) is 14.4 Å². The van der Waals surface area contributed by atoms with E-state index in [0.717, 1.165) is 29.7 Å². The zero-order chi connectivity index (χ0) is 17.2. The molecule has 1 aromatic carbocycles. The number of rotatable bonds is 9. The van der Waals surface area contributed by atoms with E-state index >= 15 is 0 Å². The lowest BCUT2D eigenvalue weighted by Crippen LogP contribution is -1.96. The first-order valence-corrected chi connectivity index (χ1v) is 8.16. The minimum atomic E-state index is -0.715. The summed E-state index contributed by atoms with van der Waals surface area (Å²) in [6.07, 6.45) is 10.8. The van der Waals surface area contributed by atoms with Crippen LogP contribution in [0.1, 0.15) is 31.7 Å². The minimum Gasteiger partial charge on any atom is -0.472 e. The molecule has 0 radical (unpaired) electrons. The van der Waals surface area contributed by atoms with Crippen molar-refractivity contribution in [3.63, 3.8) is 0 Å². The van der Waals surface area contributed by atoms with Crippen molar-refractivity contribution in [2.45, 2.75) is 32.4 Å². The highest BCUT2D eigenvalue weighted by Gasteiger charge is 2.01. The number of hydrogen-bond donors (Lipinski definition) is 0. The fourth-order valence-corrected chi connectivity index (χ4v) is 2.19. The molecule has 0 bridgehead atoms. The van der Waals surface area contributed by atoms with Crippen LogP contribution in [0.25, 0.3) is 17.3 Å². The maximum atomic E-state index is 12.7. The molecule has 0 saturated heterocycles. The quantitative estimate of drug-likeness (QED) is 0.466. The number of allylic oxidation sites excluding steroid dienone is 1. The summed E-state index contributed by atoms with van der Waals surface area (Å²) in [5.41, 5.74) is 2.92. The van der Waals surface area contributed by atoms with Gasteiger partial charge in [-0.1, -0.05) is 49.1 Å². The van der Waals surface area contributed by atoms with E-state index in [1.54, 1.807) is 25.4 Å². The van der Waals surface area contributed by atoms with Gasteiger partial charge in [0.2, 0.25) is 5.88 Å². The van der Waals surface area contributed by atoms with Crippen molar-refractivity contribution in [3.05, 3.63) is 61.0 Å². The van der Waals surface area contributed by atoms with Gasteiger partial charge in [0, 0.05) is 5.56 Å². The molecule has 2 aromatic rings. The fraction of sp³-hybridized carbons (Fsp3) is 0.300. The smallest absolute Gasteiger partial charge is 0.232 e. The molecule has 0 fully saturated rings. The maximum Gasteiger partial charge on any atom is 0.232 e. The first kappa shape index (κ1) is 17.9. The molecule has 2 rings (SSSR count). The lowest BCUT2D eigenvalue weighted by molar-refractivity contribution is 0.335. The van der Waals surface area contributed by atoms with Gasteiger partial charge in [-0.3, -0.25) is 0 Å². The van der Waals surface area contributed by atoms with Crippen molar-refractivity contribution in [3.8, 4) is 17.1 Å². The van der Waals surface area contributed by atoms with E-state index in [-0.39, 0.29) is 0 Å². The monoisotopic (exact) mass is 326 g/mol. The van der Waals surface area contributed by atoms with Crippen molar-refractivity contribution >= 4 is 6.08 Å². The Kier molecular flexibility index (Phi) is 7.15. The van der Waals surface area contributed by atoms with Crippen molar-refractivity contribution in [1.29, 1.82) is 0 Å². The van der Waals surface area contributed by atoms with E-state index in [2.05, 4.69) is 28.7 Å². The Bertz CT molecular complexity index is 648. The molecule has 0 N–H and O–H groups in total. The molecule has 0 aliphatic rings. The molecule has 3 nitrogen and oxygen atoms in total. The third kappa shape index (κ3) is 5.95. The number of halogens is 1. The van der Waals surface area contributed by atoms with Crippen LogP contribution >= 0.6 is 0 Å². The number of aromatic nitrogens is 2. The van der Waals surface area contributed by atoms with Gasteiger partial charge in [0.1, 0.15) is 6.61 Å². The van der Waals surface area contributed by atoms with Crippen LogP contribution in [0.4, 0.5) is 4.39 Å². The second-order valence-electron chi connectivity index (χ2n) is 5.58. The van der Waals surface area contributed by atoms with E-state index in [9.17, 15) is 4.39 Å². The van der Waals surface area contributed by atoms with Crippen LogP contribution in [0, 0.1) is 0 Å². The highest BCUT2D eigenvalue weighted by molar-refractivity contribution is 5.61. The Morgan fingerprint density at radius 3 is 2.62 bits per heavy atom. The van der Waals surface area contributed by atoms with Gasteiger partial charge in [-0.2, -0.15) is 0 Å². The SMILES string of the molecule is C=CCOc1cnc(-c2ccc(C=CCCCC(C)F)cc2)cn1. The number of hydrogen-bond acceptors (Lipinski definition) is 3. The summed E-state index contributed by atoms with van der Waals surface area (Å²) in [5, 5.41) is 0. The van der Waals surface area contributed by atoms with Gasteiger partial charge < -0.3 is 4.74 Å². The number of ether oxygens (including phenoxy) is 1. The third-order valence-electron chi connectivity index (χ3n) is 3.47. The van der Waals surface area contributed by atoms with Crippen molar-refractivity contribution in [2.75, 3.05) is 6.61 Å². The first-order valence-electron chi connectivity index (χ1n) is 8.16. The second kappa shape index (κ2) is 9.60. The molecule has 0 aliphatic heterocycles. The average molecular weight is 326 g/mol. The molecule has 126 valence electrons. The van der Waals surface area contributed by atoms with Crippen molar-refractivity contribution in [2.24, 2.45) is 0 Å². The van der Waals surface area contributed by atoms with Gasteiger partial charge >= 0.3 is 0 Å². The zero-order valence-corrected chi connectivity index (χ0v) is 14.0. The zero-order valence-electron chi connectivity index (χ0n) is 14.0. The Morgan fingerprint density at radius 1 is 1.21 bits per heavy atom. The first-order chi connectivity index (χ1) is 11.7. The van der Waals surface area contributed by atoms with Crippen LogP contribution in [0.2, 0.25) is 0 Å². The topological polar surface area (TPSA) is 35.0 Å². The van der Waals surface area contributed by atoms with Crippen LogP contribution < -0.4 is 4.74 Å². The molecule has 1 atom stereocenters. The van der Waals surface area contributed by atoms with Gasteiger partial charge in [-0.15, -0.1) is 0 Å². The van der Waals surface area contributed by atoms with E-state index in [1.165, 1.54) is 0 Å². The molecule has 0 aliphatic carbocycles. The van der Waals surface area contributed by atoms with Crippen LogP contribution in [0.15, 0.2) is 55.4 Å². The molecule has 1 heterocycles. The van der Waals surface area contributed by atoms with E-state index < -0.39 is 6.17 Å². The lowest BCUT2D eigenvalue weighted by Gasteiger charge is -2.04. The van der Waals surface area contributed by atoms with Crippen LogP contribution in [-0.4, -0.2) is 22.7 Å². The normalized spacial score (nSPS) is 12.2. The Hall–Kier alpha value is -2.49. The summed E-state index contributed by atoms with van der Waals surface area (Å²) in [5.74, 6) is 0.487. The minimum absolute atomic E-state index is 0.416. The molecule has 24 heavy (non-hydrogen) atoms. The highest BCUT2D eigenvalue weighted by Crippen LogP contribution is 2.19. The van der Waals surface area contributed by atoms with Crippen LogP contribution in [0.3, 0.4) is 0 Å². The predicted molar refractivity (Wildman–Crippen MR) is 96.6 cm³/mol. The van der Waals surface area contributed by atoms with Gasteiger partial charge in [0.05, 0.1) is 24.3 Å². The molecule has 0 spiro atoms. The largest absolute Gasteiger partial charge is 0.472 e. The molecular weight excluding hydrogens is 303 g/mol. The standard InChI is InChI=1S/C20H23FN2O/c1-3-13-24-20-15-22-19(14-23-20)18-11-9-17(10-12-18)8-6-4-5-7-16(2)21/h3,6,8-12,14-16H,1,4-5,7,13H2,2H3. The number of benzene rings is 1. The molecule has 0 saturated carbocycles. The Balaban J connectivity index is 1.91. The summed E-state index contributed by atoms with van der Waals surface area (Å²) in [4.78, 5) is 8.58. The van der Waals surface area contributed by atoms with Crippen molar-refractivity contribution < 1.29 is 9.13 Å². The second-order valence-corrected chi connectivity index (χ2v) is 5.58. The predicted octanol–water partition coefficient (Wildman–Crippen LogP) is 5.25. The highest BCUT2D eigenvalue weighted by atomic mass is 19.1. The summed E-state index contributed by atoms with van der Waals surface area (Å²) >= 11 is 0. The molecule has 1 unspecified atom stereocenters. The Morgan fingerprint density at radius 2 is 2.00 bits per heavy atom. The Labute approximate surface area is 142 Å². The molecule has 1 aromatic heterocycles. The van der Waals surface area contributed by atoms with Gasteiger partial charge in [0.25, 0.3) is 0 Å². The number of alkyl halides is 1. The summed E-state index contributed by atoms with van der Waals surface area (Å²) in [6.45, 7) is 5.61. The average Bonchev–Trinajstić information content (AvgIpc) is 2.60. The fourth-order valence-electron chi connectivity index (χ4n) is 2.19. The third-order valence-corrected chi connectivity index (χ3v) is 3.47.